The second-order valence-corrected chi connectivity index (χ2v) is 7.19. The van der Waals surface area contributed by atoms with E-state index < -0.39 is 0 Å². The van der Waals surface area contributed by atoms with E-state index in [1.807, 2.05) is 18.2 Å². The summed E-state index contributed by atoms with van der Waals surface area (Å²) in [5.74, 6) is 0.866. The maximum absolute atomic E-state index is 6.05. The third-order valence-corrected chi connectivity index (χ3v) is 5.33. The molecule has 1 aromatic carbocycles. The van der Waals surface area contributed by atoms with Crippen LogP contribution in [0.2, 0.25) is 5.02 Å². The molecule has 0 saturated carbocycles. The number of hydrogen-bond acceptors (Lipinski definition) is 5. The van der Waals surface area contributed by atoms with Crippen LogP contribution in [-0.2, 0) is 6.42 Å². The first-order valence-corrected chi connectivity index (χ1v) is 8.53. The molecule has 0 aliphatic heterocycles. The number of aromatic nitrogens is 3. The number of aryl methyl sites for hydroxylation is 2. The standard InChI is InChI=1S/C16H15ClN4S/c1-9-20-12-3-2-4-13(15(12)22-9)21-16-11-6-5-10(17)7-14(11)18-8-19-16/h5-8,13H,2-4H2,1H3,(H,18,19,21). The molecule has 2 aromatic heterocycles. The summed E-state index contributed by atoms with van der Waals surface area (Å²) in [4.78, 5) is 14.7. The number of nitrogens with one attached hydrogen (secondary N) is 1. The van der Waals surface area contributed by atoms with E-state index in [1.165, 1.54) is 10.6 Å². The summed E-state index contributed by atoms with van der Waals surface area (Å²) < 4.78 is 0. The molecule has 4 rings (SSSR count). The van der Waals surface area contributed by atoms with Crippen molar-refractivity contribution in [1.29, 1.82) is 0 Å². The van der Waals surface area contributed by atoms with E-state index in [4.69, 9.17) is 11.6 Å². The molecule has 6 heteroatoms. The second kappa shape index (κ2) is 5.48. The van der Waals surface area contributed by atoms with Crippen molar-refractivity contribution in [2.75, 3.05) is 5.32 Å². The van der Waals surface area contributed by atoms with Crippen molar-refractivity contribution < 1.29 is 0 Å². The van der Waals surface area contributed by atoms with Gasteiger partial charge in [-0.3, -0.25) is 0 Å². The molecule has 3 aromatic rings. The van der Waals surface area contributed by atoms with Gasteiger partial charge in [-0.2, -0.15) is 0 Å². The van der Waals surface area contributed by atoms with Gasteiger partial charge in [0.15, 0.2) is 0 Å². The predicted octanol–water partition coefficient (Wildman–Crippen LogP) is 4.54. The van der Waals surface area contributed by atoms with Crippen molar-refractivity contribution in [3.05, 3.63) is 45.1 Å². The summed E-state index contributed by atoms with van der Waals surface area (Å²) >= 11 is 7.83. The molecule has 2 heterocycles. The van der Waals surface area contributed by atoms with Crippen molar-refractivity contribution >= 4 is 39.7 Å². The van der Waals surface area contributed by atoms with E-state index in [9.17, 15) is 0 Å². The molecule has 1 atom stereocenters. The van der Waals surface area contributed by atoms with Crippen LogP contribution in [0.25, 0.3) is 10.9 Å². The summed E-state index contributed by atoms with van der Waals surface area (Å²) in [5.41, 5.74) is 2.11. The molecule has 22 heavy (non-hydrogen) atoms. The molecule has 1 N–H and O–H groups in total. The molecular weight excluding hydrogens is 316 g/mol. The summed E-state index contributed by atoms with van der Waals surface area (Å²) in [7, 11) is 0. The number of rotatable bonds is 2. The van der Waals surface area contributed by atoms with Gasteiger partial charge in [-0.15, -0.1) is 11.3 Å². The third kappa shape index (κ3) is 2.44. The Balaban J connectivity index is 1.73. The Kier molecular flexibility index (Phi) is 3.47. The molecule has 112 valence electrons. The first kappa shape index (κ1) is 13.9. The molecule has 4 nitrogen and oxygen atoms in total. The van der Waals surface area contributed by atoms with Crippen molar-refractivity contribution in [3.63, 3.8) is 0 Å². The normalized spacial score (nSPS) is 17.5. The number of nitrogens with zero attached hydrogens (tertiary/aromatic N) is 3. The highest BCUT2D eigenvalue weighted by Crippen LogP contribution is 2.37. The zero-order chi connectivity index (χ0) is 15.1. The molecule has 1 aliphatic rings. The molecule has 0 amide bonds. The van der Waals surface area contributed by atoms with Crippen LogP contribution in [0.5, 0.6) is 0 Å². The van der Waals surface area contributed by atoms with Gasteiger partial charge in [0.25, 0.3) is 0 Å². The quantitative estimate of drug-likeness (QED) is 0.749. The molecule has 0 bridgehead atoms. The Labute approximate surface area is 137 Å². The van der Waals surface area contributed by atoms with Crippen LogP contribution in [0.1, 0.15) is 34.5 Å². The maximum atomic E-state index is 6.05. The Morgan fingerprint density at radius 2 is 2.23 bits per heavy atom. The van der Waals surface area contributed by atoms with Crippen LogP contribution in [0.4, 0.5) is 5.82 Å². The Bertz CT molecular complexity index is 845. The largest absolute Gasteiger partial charge is 0.362 e. The molecule has 0 spiro atoms. The minimum atomic E-state index is 0.281. The lowest BCUT2D eigenvalue weighted by atomic mass is 9.98. The van der Waals surface area contributed by atoms with Crippen molar-refractivity contribution in [3.8, 4) is 0 Å². The summed E-state index contributed by atoms with van der Waals surface area (Å²) in [5, 5.41) is 6.42. The van der Waals surface area contributed by atoms with Gasteiger partial charge < -0.3 is 5.32 Å². The lowest BCUT2D eigenvalue weighted by Crippen LogP contribution is -2.16. The van der Waals surface area contributed by atoms with Gasteiger partial charge in [0, 0.05) is 10.4 Å². The first-order chi connectivity index (χ1) is 10.7. The van der Waals surface area contributed by atoms with E-state index in [0.29, 0.717) is 5.02 Å². The van der Waals surface area contributed by atoms with Crippen LogP contribution in [0.3, 0.4) is 0 Å². The van der Waals surface area contributed by atoms with Crippen LogP contribution >= 0.6 is 22.9 Å². The summed E-state index contributed by atoms with van der Waals surface area (Å²) in [6, 6.07) is 6.00. The lowest BCUT2D eigenvalue weighted by Gasteiger charge is -2.23. The SMILES string of the molecule is Cc1nc2c(s1)C(Nc1ncnc3cc(Cl)ccc13)CCC2. The highest BCUT2D eigenvalue weighted by Gasteiger charge is 2.24. The first-order valence-electron chi connectivity index (χ1n) is 7.34. The van der Waals surface area contributed by atoms with Gasteiger partial charge in [0.2, 0.25) is 0 Å². The van der Waals surface area contributed by atoms with E-state index in [0.717, 1.165) is 41.0 Å². The topological polar surface area (TPSA) is 50.7 Å². The van der Waals surface area contributed by atoms with Gasteiger partial charge in [-0.05, 0) is 44.4 Å². The van der Waals surface area contributed by atoms with E-state index in [2.05, 4.69) is 27.2 Å². The number of thiazole rings is 1. The number of anilines is 1. The molecule has 0 saturated heterocycles. The van der Waals surface area contributed by atoms with Gasteiger partial charge in [0.1, 0.15) is 12.1 Å². The van der Waals surface area contributed by atoms with Crippen LogP contribution < -0.4 is 5.32 Å². The fourth-order valence-corrected chi connectivity index (χ4v) is 4.22. The smallest absolute Gasteiger partial charge is 0.137 e. The maximum Gasteiger partial charge on any atom is 0.137 e. The zero-order valence-corrected chi connectivity index (χ0v) is 13.7. The van der Waals surface area contributed by atoms with E-state index >= 15 is 0 Å². The molecular formula is C16H15ClN4S. The highest BCUT2D eigenvalue weighted by atomic mass is 35.5. The van der Waals surface area contributed by atoms with Gasteiger partial charge >= 0.3 is 0 Å². The van der Waals surface area contributed by atoms with Crippen LogP contribution in [0, 0.1) is 6.92 Å². The Hall–Kier alpha value is -1.72. The molecule has 0 radical (unpaired) electrons. The number of fused-ring (bicyclic) bond motifs is 2. The minimum Gasteiger partial charge on any atom is -0.362 e. The third-order valence-electron chi connectivity index (χ3n) is 3.97. The average molecular weight is 331 g/mol. The summed E-state index contributed by atoms with van der Waals surface area (Å²) in [6.07, 6.45) is 4.93. The monoisotopic (exact) mass is 330 g/mol. The molecule has 1 unspecified atom stereocenters. The zero-order valence-electron chi connectivity index (χ0n) is 12.1. The predicted molar refractivity (Wildman–Crippen MR) is 90.7 cm³/mol. The number of halogens is 1. The van der Waals surface area contributed by atoms with Crippen molar-refractivity contribution in [2.24, 2.45) is 0 Å². The summed E-state index contributed by atoms with van der Waals surface area (Å²) in [6.45, 7) is 2.07. The van der Waals surface area contributed by atoms with Crippen molar-refractivity contribution in [2.45, 2.75) is 32.2 Å². The van der Waals surface area contributed by atoms with Crippen LogP contribution in [-0.4, -0.2) is 15.0 Å². The fourth-order valence-electron chi connectivity index (χ4n) is 2.99. The lowest BCUT2D eigenvalue weighted by molar-refractivity contribution is 0.600. The molecule has 1 aliphatic carbocycles. The minimum absolute atomic E-state index is 0.281. The molecule has 0 fully saturated rings. The Morgan fingerprint density at radius 1 is 1.32 bits per heavy atom. The van der Waals surface area contributed by atoms with E-state index in [1.54, 1.807) is 17.7 Å². The van der Waals surface area contributed by atoms with E-state index in [-0.39, 0.29) is 6.04 Å². The number of hydrogen-bond donors (Lipinski definition) is 1. The fraction of sp³-hybridized carbons (Fsp3) is 0.312. The van der Waals surface area contributed by atoms with Crippen LogP contribution in [0.15, 0.2) is 24.5 Å². The van der Waals surface area contributed by atoms with Gasteiger partial charge in [0.05, 0.1) is 27.1 Å². The van der Waals surface area contributed by atoms with Gasteiger partial charge in [-0.1, -0.05) is 11.6 Å². The van der Waals surface area contributed by atoms with Crippen molar-refractivity contribution in [1.82, 2.24) is 15.0 Å². The Morgan fingerprint density at radius 3 is 3.14 bits per heavy atom. The highest BCUT2D eigenvalue weighted by molar-refractivity contribution is 7.11. The van der Waals surface area contributed by atoms with Gasteiger partial charge in [-0.25, -0.2) is 15.0 Å². The number of benzene rings is 1. The average Bonchev–Trinajstić information content (AvgIpc) is 2.88. The second-order valence-electron chi connectivity index (χ2n) is 5.52.